The maximum absolute atomic E-state index is 9.45. The first kappa shape index (κ1) is 13.5. The monoisotopic (exact) mass is 260 g/mol. The molecule has 2 aromatic heterocycles. The molecule has 0 saturated carbocycles. The zero-order chi connectivity index (χ0) is 13.8. The van der Waals surface area contributed by atoms with E-state index >= 15 is 0 Å². The van der Waals surface area contributed by atoms with Crippen molar-refractivity contribution in [2.45, 2.75) is 20.0 Å². The van der Waals surface area contributed by atoms with Crippen LogP contribution in [0.25, 0.3) is 0 Å². The molecular weight excluding hydrogens is 240 g/mol. The number of anilines is 1. The third-order valence-electron chi connectivity index (χ3n) is 3.26. The van der Waals surface area contributed by atoms with Crippen molar-refractivity contribution < 1.29 is 5.11 Å². The Morgan fingerprint density at radius 2 is 2.16 bits per heavy atom. The Labute approximate surface area is 113 Å². The van der Waals surface area contributed by atoms with Crippen LogP contribution in [0.5, 0.6) is 0 Å². The molecule has 0 atom stereocenters. The summed E-state index contributed by atoms with van der Waals surface area (Å²) in [6.07, 6.45) is 2.68. The number of pyridine rings is 1. The predicted molar refractivity (Wildman–Crippen MR) is 75.1 cm³/mol. The quantitative estimate of drug-likeness (QED) is 0.880. The fourth-order valence-electron chi connectivity index (χ4n) is 2.29. The van der Waals surface area contributed by atoms with Gasteiger partial charge in [0.1, 0.15) is 5.82 Å². The third-order valence-corrected chi connectivity index (χ3v) is 3.26. The molecule has 0 spiro atoms. The van der Waals surface area contributed by atoms with E-state index in [0.29, 0.717) is 0 Å². The van der Waals surface area contributed by atoms with Crippen molar-refractivity contribution in [2.75, 3.05) is 18.5 Å². The molecule has 2 heterocycles. The lowest BCUT2D eigenvalue weighted by Gasteiger charge is -2.20. The number of aliphatic hydroxyl groups excluding tert-OH is 1. The van der Waals surface area contributed by atoms with Gasteiger partial charge in [0.15, 0.2) is 0 Å². The normalized spacial score (nSPS) is 10.7. The van der Waals surface area contributed by atoms with E-state index in [0.717, 1.165) is 35.7 Å². The summed E-state index contributed by atoms with van der Waals surface area (Å²) in [5, 5.41) is 13.8. The minimum Gasteiger partial charge on any atom is -0.391 e. The number of nitrogens with zero attached hydrogens (tertiary/aromatic N) is 4. The molecule has 0 unspecified atom stereocenters. The molecule has 19 heavy (non-hydrogen) atoms. The lowest BCUT2D eigenvalue weighted by Crippen LogP contribution is -2.24. The zero-order valence-corrected chi connectivity index (χ0v) is 11.7. The highest BCUT2D eigenvalue weighted by Crippen LogP contribution is 2.22. The number of aromatic nitrogens is 3. The van der Waals surface area contributed by atoms with Crippen LogP contribution in [-0.2, 0) is 20.1 Å². The second kappa shape index (κ2) is 5.84. The van der Waals surface area contributed by atoms with Crippen molar-refractivity contribution in [2.24, 2.45) is 7.05 Å². The number of hydrogen-bond acceptors (Lipinski definition) is 4. The van der Waals surface area contributed by atoms with E-state index in [9.17, 15) is 5.11 Å². The van der Waals surface area contributed by atoms with Gasteiger partial charge in [-0.1, -0.05) is 6.07 Å². The summed E-state index contributed by atoms with van der Waals surface area (Å²) >= 11 is 0. The summed E-state index contributed by atoms with van der Waals surface area (Å²) in [7, 11) is 3.91. The van der Waals surface area contributed by atoms with Gasteiger partial charge in [-0.2, -0.15) is 5.10 Å². The van der Waals surface area contributed by atoms with Crippen LogP contribution in [0.2, 0.25) is 0 Å². The summed E-state index contributed by atoms with van der Waals surface area (Å²) in [4.78, 5) is 6.43. The maximum atomic E-state index is 9.45. The van der Waals surface area contributed by atoms with Crippen molar-refractivity contribution >= 4 is 5.82 Å². The number of rotatable bonds is 5. The molecule has 0 aliphatic carbocycles. The SMILES string of the molecule is Cc1nn(C)c(N(C)CCc2ccccn2)c1CO. The Balaban J connectivity index is 2.10. The van der Waals surface area contributed by atoms with Crippen molar-refractivity contribution in [1.29, 1.82) is 0 Å². The van der Waals surface area contributed by atoms with E-state index in [2.05, 4.69) is 15.0 Å². The minimum atomic E-state index is 0.0168. The molecule has 1 N–H and O–H groups in total. The summed E-state index contributed by atoms with van der Waals surface area (Å²) in [5.41, 5.74) is 2.84. The van der Waals surface area contributed by atoms with E-state index < -0.39 is 0 Å². The molecule has 102 valence electrons. The molecule has 0 radical (unpaired) electrons. The van der Waals surface area contributed by atoms with E-state index in [1.165, 1.54) is 0 Å². The van der Waals surface area contributed by atoms with Crippen molar-refractivity contribution in [3.8, 4) is 0 Å². The first-order valence-electron chi connectivity index (χ1n) is 6.38. The zero-order valence-electron chi connectivity index (χ0n) is 11.7. The summed E-state index contributed by atoms with van der Waals surface area (Å²) in [6, 6.07) is 5.94. The van der Waals surface area contributed by atoms with Crippen LogP contribution in [0.15, 0.2) is 24.4 Å². The fraction of sp³-hybridized carbons (Fsp3) is 0.429. The Morgan fingerprint density at radius 1 is 1.37 bits per heavy atom. The standard InChI is InChI=1S/C14H20N4O/c1-11-13(10-19)14(18(3)16-11)17(2)9-7-12-6-4-5-8-15-12/h4-6,8,19H,7,9-10H2,1-3H3. The highest BCUT2D eigenvalue weighted by molar-refractivity contribution is 5.49. The second-order valence-corrected chi connectivity index (χ2v) is 4.66. The number of likely N-dealkylation sites (N-methyl/N-ethyl adjacent to an activating group) is 1. The first-order valence-corrected chi connectivity index (χ1v) is 6.38. The fourth-order valence-corrected chi connectivity index (χ4v) is 2.29. The van der Waals surface area contributed by atoms with Gasteiger partial charge in [-0.05, 0) is 19.1 Å². The van der Waals surface area contributed by atoms with Gasteiger partial charge >= 0.3 is 0 Å². The summed E-state index contributed by atoms with van der Waals surface area (Å²) < 4.78 is 1.82. The van der Waals surface area contributed by atoms with E-state index in [-0.39, 0.29) is 6.61 Å². The maximum Gasteiger partial charge on any atom is 0.132 e. The Morgan fingerprint density at radius 3 is 2.79 bits per heavy atom. The van der Waals surface area contributed by atoms with Gasteiger partial charge < -0.3 is 10.0 Å². The molecule has 5 heteroatoms. The third kappa shape index (κ3) is 2.93. The van der Waals surface area contributed by atoms with E-state index in [1.54, 1.807) is 0 Å². The van der Waals surface area contributed by atoms with E-state index in [4.69, 9.17) is 0 Å². The van der Waals surface area contributed by atoms with Crippen LogP contribution in [0.4, 0.5) is 5.82 Å². The lowest BCUT2D eigenvalue weighted by atomic mass is 10.2. The highest BCUT2D eigenvalue weighted by atomic mass is 16.3. The van der Waals surface area contributed by atoms with E-state index in [1.807, 2.05) is 50.1 Å². The number of aryl methyl sites for hydroxylation is 2. The van der Waals surface area contributed by atoms with Gasteiger partial charge in [0, 0.05) is 44.5 Å². The average Bonchev–Trinajstić information content (AvgIpc) is 2.71. The van der Waals surface area contributed by atoms with Gasteiger partial charge in [0.25, 0.3) is 0 Å². The van der Waals surface area contributed by atoms with Crippen molar-refractivity contribution in [3.05, 3.63) is 41.3 Å². The van der Waals surface area contributed by atoms with Gasteiger partial charge in [-0.25, -0.2) is 0 Å². The highest BCUT2D eigenvalue weighted by Gasteiger charge is 2.15. The molecular formula is C14H20N4O. The van der Waals surface area contributed by atoms with Crippen molar-refractivity contribution in [3.63, 3.8) is 0 Å². The molecule has 0 aliphatic rings. The molecule has 0 fully saturated rings. The van der Waals surface area contributed by atoms with Gasteiger partial charge in [0.05, 0.1) is 12.3 Å². The smallest absolute Gasteiger partial charge is 0.132 e. The lowest BCUT2D eigenvalue weighted by molar-refractivity contribution is 0.281. The summed E-state index contributed by atoms with van der Waals surface area (Å²) in [5.74, 6) is 0.968. The van der Waals surface area contributed by atoms with Gasteiger partial charge in [-0.3, -0.25) is 9.67 Å². The Kier molecular flexibility index (Phi) is 4.16. The molecule has 0 saturated heterocycles. The van der Waals surface area contributed by atoms with Crippen LogP contribution in [0.1, 0.15) is 17.0 Å². The average molecular weight is 260 g/mol. The predicted octanol–water partition coefficient (Wildman–Crippen LogP) is 1.29. The largest absolute Gasteiger partial charge is 0.391 e. The molecule has 2 aromatic rings. The van der Waals surface area contributed by atoms with Gasteiger partial charge in [-0.15, -0.1) is 0 Å². The van der Waals surface area contributed by atoms with Crippen LogP contribution < -0.4 is 4.90 Å². The minimum absolute atomic E-state index is 0.0168. The van der Waals surface area contributed by atoms with Crippen LogP contribution in [0, 0.1) is 6.92 Å². The molecule has 0 aromatic carbocycles. The number of hydrogen-bond donors (Lipinski definition) is 1. The molecule has 0 aliphatic heterocycles. The molecule has 0 amide bonds. The van der Waals surface area contributed by atoms with Crippen LogP contribution >= 0.6 is 0 Å². The Hall–Kier alpha value is -1.88. The van der Waals surface area contributed by atoms with Crippen LogP contribution in [-0.4, -0.2) is 33.5 Å². The number of aliphatic hydroxyl groups is 1. The second-order valence-electron chi connectivity index (χ2n) is 4.66. The van der Waals surface area contributed by atoms with Gasteiger partial charge in [0.2, 0.25) is 0 Å². The topological polar surface area (TPSA) is 54.2 Å². The summed E-state index contributed by atoms with van der Waals surface area (Å²) in [6.45, 7) is 2.77. The van der Waals surface area contributed by atoms with Crippen LogP contribution in [0.3, 0.4) is 0 Å². The molecule has 5 nitrogen and oxygen atoms in total. The first-order chi connectivity index (χ1) is 9.13. The molecule has 0 bridgehead atoms. The molecule has 2 rings (SSSR count). The Bertz CT molecular complexity index is 536. The van der Waals surface area contributed by atoms with Crippen molar-refractivity contribution in [1.82, 2.24) is 14.8 Å².